The predicted molar refractivity (Wildman–Crippen MR) is 200 cm³/mol. The second-order valence-corrected chi connectivity index (χ2v) is 21.1. The van der Waals surface area contributed by atoms with E-state index in [2.05, 4.69) is 0 Å². The van der Waals surface area contributed by atoms with E-state index in [-0.39, 0.29) is 0 Å². The van der Waals surface area contributed by atoms with Crippen LogP contribution in [0.2, 0.25) is 24.2 Å². The summed E-state index contributed by atoms with van der Waals surface area (Å²) in [5.41, 5.74) is 21.7. The molecule has 48 heavy (non-hydrogen) atoms. The van der Waals surface area contributed by atoms with Gasteiger partial charge >= 0.3 is 35.2 Å². The summed E-state index contributed by atoms with van der Waals surface area (Å²) in [5.74, 6) is 0. The van der Waals surface area contributed by atoms with Crippen molar-refractivity contribution in [1.82, 2.24) is 0 Å². The van der Waals surface area contributed by atoms with E-state index in [1.165, 1.54) is 0 Å². The minimum atomic E-state index is -2.42. The Balaban J connectivity index is -0.000000271. The summed E-state index contributed by atoms with van der Waals surface area (Å²) in [5, 5.41) is 0. The quantitative estimate of drug-likeness (QED) is 0.0841. The summed E-state index contributed by atoms with van der Waals surface area (Å²) in [6.45, 7) is 17.8. The van der Waals surface area contributed by atoms with Gasteiger partial charge in [-0.3, -0.25) is 0 Å². The van der Waals surface area contributed by atoms with Gasteiger partial charge in [-0.2, -0.15) is 0 Å². The Labute approximate surface area is 297 Å². The zero-order valence-electron chi connectivity index (χ0n) is 32.5. The average Bonchev–Trinajstić information content (AvgIpc) is 3.09. The minimum Gasteiger partial charge on any atom is -0.377 e. The van der Waals surface area contributed by atoms with E-state index in [0.29, 0.717) is 77.9 Å². The first-order valence-corrected chi connectivity index (χ1v) is 24.6. The van der Waals surface area contributed by atoms with Gasteiger partial charge in [0.2, 0.25) is 0 Å². The fourth-order valence-corrected chi connectivity index (χ4v) is 12.3. The van der Waals surface area contributed by atoms with Crippen LogP contribution in [0.3, 0.4) is 0 Å². The van der Waals surface area contributed by atoms with Crippen LogP contribution in [0.4, 0.5) is 0 Å². The zero-order valence-corrected chi connectivity index (χ0v) is 36.5. The van der Waals surface area contributed by atoms with Gasteiger partial charge in [0, 0.05) is 106 Å². The molecule has 8 N–H and O–H groups in total. The molecule has 0 aliphatic rings. The van der Waals surface area contributed by atoms with Gasteiger partial charge in [-0.15, -0.1) is 0 Å². The number of nitrogens with two attached hydrogens (primary N) is 4. The smallest absolute Gasteiger partial charge is 0.377 e. The van der Waals surface area contributed by atoms with Crippen LogP contribution in [0.1, 0.15) is 54.4 Å². The van der Waals surface area contributed by atoms with E-state index in [0.717, 1.165) is 24.9 Å². The van der Waals surface area contributed by atoms with Crippen LogP contribution in [0.25, 0.3) is 0 Å². The number of rotatable bonds is 28. The van der Waals surface area contributed by atoms with Gasteiger partial charge in [-0.05, 0) is 80.6 Å². The molecule has 0 aliphatic heterocycles. The summed E-state index contributed by atoms with van der Waals surface area (Å²) in [6, 6.07) is 2.96. The van der Waals surface area contributed by atoms with Crippen molar-refractivity contribution in [3.8, 4) is 0 Å². The third-order valence-electron chi connectivity index (χ3n) is 6.33. The van der Waals surface area contributed by atoms with Crippen molar-refractivity contribution in [3.63, 3.8) is 0 Å². The molecule has 0 rings (SSSR count). The van der Waals surface area contributed by atoms with Crippen molar-refractivity contribution in [2.75, 3.05) is 108 Å². The second kappa shape index (κ2) is 37.0. The van der Waals surface area contributed by atoms with E-state index in [9.17, 15) is 0 Å². The Morgan fingerprint density at radius 1 is 0.312 bits per heavy atom. The lowest BCUT2D eigenvalue weighted by Gasteiger charge is -2.28. The molecular weight excluding hydrogens is 697 g/mol. The molecule has 20 heteroatoms. The standard InChI is InChI=1S/C9H23NO3Si.C8H21NO3Si.C6H17NO3Si.C5H15NO3Si/c1-4-11-14(12-5-2,13-6-3)9-7-8-10;1-4-10-13(8-7-9,11-5-2)12-6-3;1-8-11(9-2,10-3)6-4-5-7;1-7-10(8-2,9-3)5-4-6/h4-10H2,1-3H3;4-9H2,1-3H3;4-7H2,1-3H3;4-6H2,1-3H3. The molecule has 0 saturated carbocycles. The first-order valence-electron chi connectivity index (χ1n) is 16.9. The molecule has 0 radical (unpaired) electrons. The van der Waals surface area contributed by atoms with Crippen molar-refractivity contribution in [3.05, 3.63) is 0 Å². The highest BCUT2D eigenvalue weighted by Crippen LogP contribution is 2.18. The predicted octanol–water partition coefficient (Wildman–Crippen LogP) is 2.41. The maximum absolute atomic E-state index is 5.65. The summed E-state index contributed by atoms with van der Waals surface area (Å²) in [7, 11) is 0.0776. The molecule has 0 unspecified atom stereocenters. The van der Waals surface area contributed by atoms with Crippen LogP contribution in [-0.4, -0.2) is 144 Å². The Morgan fingerprint density at radius 2 is 0.521 bits per heavy atom. The molecule has 0 aliphatic carbocycles. The minimum absolute atomic E-state index is 0.530. The molecule has 16 nitrogen and oxygen atoms in total. The highest BCUT2D eigenvalue weighted by atomic mass is 28.4. The molecule has 0 heterocycles. The summed E-state index contributed by atoms with van der Waals surface area (Å²) in [4.78, 5) is 0. The van der Waals surface area contributed by atoms with Gasteiger partial charge < -0.3 is 76.0 Å². The lowest BCUT2D eigenvalue weighted by Crippen LogP contribution is -2.47. The fraction of sp³-hybridized carbons (Fsp3) is 1.00. The lowest BCUT2D eigenvalue weighted by molar-refractivity contribution is 0.0705. The Morgan fingerprint density at radius 3 is 0.708 bits per heavy atom. The molecule has 296 valence electrons. The topological polar surface area (TPSA) is 215 Å². The van der Waals surface area contributed by atoms with Gasteiger partial charge in [-0.25, -0.2) is 0 Å². The third-order valence-corrected chi connectivity index (χ3v) is 18.2. The molecule has 0 saturated heterocycles. The molecule has 0 aromatic carbocycles. The van der Waals surface area contributed by atoms with Crippen molar-refractivity contribution < 1.29 is 53.1 Å². The zero-order chi connectivity index (χ0) is 37.8. The van der Waals surface area contributed by atoms with Crippen LogP contribution in [-0.2, 0) is 53.1 Å². The molecule has 0 spiro atoms. The van der Waals surface area contributed by atoms with E-state index >= 15 is 0 Å². The van der Waals surface area contributed by atoms with E-state index < -0.39 is 35.2 Å². The van der Waals surface area contributed by atoms with E-state index in [4.69, 9.17) is 76.0 Å². The molecule has 0 aromatic heterocycles. The summed E-state index contributed by atoms with van der Waals surface area (Å²) >= 11 is 0. The molecular formula is C28H76N4O12Si4. The van der Waals surface area contributed by atoms with Crippen LogP contribution in [0.15, 0.2) is 0 Å². The molecule has 0 fully saturated rings. The first kappa shape index (κ1) is 55.0. The SMILES string of the molecule is CCO[Si](CCCN)(OCC)OCC.CCO[Si](CCN)(OCC)OCC.CO[Si](CCCN)(OC)OC.CO[Si](CCN)(OC)OC. The maximum atomic E-state index is 5.65. The molecule has 0 aromatic rings. The number of hydrogen-bond acceptors (Lipinski definition) is 16. The highest BCUT2D eigenvalue weighted by molar-refractivity contribution is 6.61. The molecule has 0 atom stereocenters. The van der Waals surface area contributed by atoms with Crippen molar-refractivity contribution in [2.24, 2.45) is 22.9 Å². The third kappa shape index (κ3) is 26.1. The second-order valence-electron chi connectivity index (χ2n) is 9.42. The van der Waals surface area contributed by atoms with Crippen LogP contribution in [0.5, 0.6) is 0 Å². The van der Waals surface area contributed by atoms with Gasteiger partial charge in [0.25, 0.3) is 0 Å². The monoisotopic (exact) mass is 772 g/mol. The fourth-order valence-electron chi connectivity index (χ4n) is 4.11. The summed E-state index contributed by atoms with van der Waals surface area (Å²) in [6.07, 6.45) is 1.77. The average molecular weight is 773 g/mol. The van der Waals surface area contributed by atoms with Crippen molar-refractivity contribution in [2.45, 2.75) is 78.6 Å². The number of hydrogen-bond donors (Lipinski definition) is 4. The van der Waals surface area contributed by atoms with Gasteiger partial charge in [0.1, 0.15) is 0 Å². The van der Waals surface area contributed by atoms with Gasteiger partial charge in [0.05, 0.1) is 0 Å². The van der Waals surface area contributed by atoms with Gasteiger partial charge in [0.15, 0.2) is 0 Å². The molecule has 0 bridgehead atoms. The van der Waals surface area contributed by atoms with Crippen molar-refractivity contribution >= 4 is 35.2 Å². The summed E-state index contributed by atoms with van der Waals surface area (Å²) < 4.78 is 64.5. The van der Waals surface area contributed by atoms with Crippen LogP contribution >= 0.6 is 0 Å². The maximum Gasteiger partial charge on any atom is 0.502 e. The molecule has 0 amide bonds. The first-order chi connectivity index (χ1) is 23.0. The lowest BCUT2D eigenvalue weighted by atomic mass is 10.5. The van der Waals surface area contributed by atoms with Crippen molar-refractivity contribution in [1.29, 1.82) is 0 Å². The van der Waals surface area contributed by atoms with Gasteiger partial charge in [-0.1, -0.05) is 0 Å². The van der Waals surface area contributed by atoms with Crippen LogP contribution in [0, 0.1) is 0 Å². The normalized spacial score (nSPS) is 12.0. The Bertz CT molecular complexity index is 588. The highest BCUT2D eigenvalue weighted by Gasteiger charge is 2.40. The van der Waals surface area contributed by atoms with Crippen LogP contribution < -0.4 is 22.9 Å². The largest absolute Gasteiger partial charge is 0.502 e. The van der Waals surface area contributed by atoms with E-state index in [1.807, 2.05) is 41.5 Å². The Hall–Kier alpha value is 0.228. The van der Waals surface area contributed by atoms with E-state index in [1.54, 1.807) is 42.7 Å². The Kier molecular flexibility index (Phi) is 42.4.